The minimum Gasteiger partial charge on any atom is -0.467 e. The molecule has 1 rings (SSSR count). The maximum Gasteiger partial charge on any atom is 0.316 e. The van der Waals surface area contributed by atoms with Crippen LogP contribution in [0.5, 0.6) is 6.01 Å². The summed E-state index contributed by atoms with van der Waals surface area (Å²) in [6.45, 7) is 7.45. The van der Waals surface area contributed by atoms with Crippen molar-refractivity contribution < 1.29 is 4.74 Å². The summed E-state index contributed by atoms with van der Waals surface area (Å²) in [6.07, 6.45) is 8.62. The summed E-state index contributed by atoms with van der Waals surface area (Å²) >= 11 is 0. The summed E-state index contributed by atoms with van der Waals surface area (Å²) in [5, 5.41) is 3.42. The maximum atomic E-state index is 4.89. The second-order valence-electron chi connectivity index (χ2n) is 4.87. The molecule has 0 radical (unpaired) electrons. The largest absolute Gasteiger partial charge is 0.467 e. The van der Waals surface area contributed by atoms with Gasteiger partial charge in [0.25, 0.3) is 0 Å². The van der Waals surface area contributed by atoms with E-state index in [-0.39, 0.29) is 5.54 Å². The maximum absolute atomic E-state index is 4.89. The standard InChI is InChI=1S/C13H21N3O/c1-13(2,3)16-8-6-5-7-11-9-14-12(17-4)15-10-11/h5,7,9-10,16H,6,8H2,1-4H3/b7-5+. The van der Waals surface area contributed by atoms with Crippen LogP contribution in [0, 0.1) is 0 Å². The molecule has 0 aliphatic carbocycles. The third kappa shape index (κ3) is 6.02. The van der Waals surface area contributed by atoms with Crippen LogP contribution in [-0.2, 0) is 0 Å². The monoisotopic (exact) mass is 235 g/mol. The average Bonchev–Trinajstić information content (AvgIpc) is 2.28. The highest BCUT2D eigenvalue weighted by atomic mass is 16.5. The Morgan fingerprint density at radius 1 is 1.29 bits per heavy atom. The van der Waals surface area contributed by atoms with Gasteiger partial charge in [-0.1, -0.05) is 12.2 Å². The smallest absolute Gasteiger partial charge is 0.316 e. The van der Waals surface area contributed by atoms with Gasteiger partial charge in [-0.3, -0.25) is 0 Å². The fraction of sp³-hybridized carbons (Fsp3) is 0.538. The van der Waals surface area contributed by atoms with Crippen LogP contribution in [0.1, 0.15) is 32.8 Å². The predicted molar refractivity (Wildman–Crippen MR) is 70.0 cm³/mol. The molecular formula is C13H21N3O. The lowest BCUT2D eigenvalue weighted by Gasteiger charge is -2.19. The van der Waals surface area contributed by atoms with Crippen LogP contribution in [-0.4, -0.2) is 29.2 Å². The Labute approximate surface area is 103 Å². The van der Waals surface area contributed by atoms with Gasteiger partial charge in [-0.25, -0.2) is 9.97 Å². The van der Waals surface area contributed by atoms with Crippen molar-refractivity contribution in [1.29, 1.82) is 0 Å². The number of rotatable bonds is 5. The molecule has 0 atom stereocenters. The van der Waals surface area contributed by atoms with E-state index in [1.54, 1.807) is 19.5 Å². The lowest BCUT2D eigenvalue weighted by Crippen LogP contribution is -2.36. The van der Waals surface area contributed by atoms with E-state index in [1.807, 2.05) is 6.08 Å². The second-order valence-corrected chi connectivity index (χ2v) is 4.87. The summed E-state index contributed by atoms with van der Waals surface area (Å²) < 4.78 is 4.89. The van der Waals surface area contributed by atoms with Gasteiger partial charge in [-0.15, -0.1) is 0 Å². The fourth-order valence-electron chi connectivity index (χ4n) is 1.27. The molecule has 0 spiro atoms. The highest BCUT2D eigenvalue weighted by molar-refractivity contribution is 5.46. The molecule has 0 aliphatic heterocycles. The van der Waals surface area contributed by atoms with Crippen LogP contribution in [0.3, 0.4) is 0 Å². The third-order valence-corrected chi connectivity index (χ3v) is 2.11. The lowest BCUT2D eigenvalue weighted by molar-refractivity contribution is 0.379. The Kier molecular flexibility index (Phi) is 5.10. The van der Waals surface area contributed by atoms with Crippen molar-refractivity contribution in [2.24, 2.45) is 0 Å². The molecule has 4 heteroatoms. The van der Waals surface area contributed by atoms with Gasteiger partial charge in [0.15, 0.2) is 0 Å². The molecule has 0 saturated heterocycles. The van der Waals surface area contributed by atoms with Crippen LogP contribution in [0.2, 0.25) is 0 Å². The van der Waals surface area contributed by atoms with Crippen molar-refractivity contribution >= 4 is 6.08 Å². The van der Waals surface area contributed by atoms with E-state index < -0.39 is 0 Å². The first-order valence-electron chi connectivity index (χ1n) is 5.79. The molecular weight excluding hydrogens is 214 g/mol. The number of nitrogens with one attached hydrogen (secondary N) is 1. The third-order valence-electron chi connectivity index (χ3n) is 2.11. The second kappa shape index (κ2) is 6.35. The van der Waals surface area contributed by atoms with Gasteiger partial charge in [-0.05, 0) is 33.7 Å². The molecule has 0 unspecified atom stereocenters. The highest BCUT2D eigenvalue weighted by Crippen LogP contribution is 2.04. The van der Waals surface area contributed by atoms with Gasteiger partial charge in [0, 0.05) is 23.5 Å². The van der Waals surface area contributed by atoms with Crippen LogP contribution in [0.4, 0.5) is 0 Å². The number of hydrogen-bond acceptors (Lipinski definition) is 4. The molecule has 0 aliphatic rings. The van der Waals surface area contributed by atoms with E-state index in [1.165, 1.54) is 0 Å². The number of ether oxygens (including phenoxy) is 1. The quantitative estimate of drug-likeness (QED) is 0.795. The molecule has 17 heavy (non-hydrogen) atoms. The molecule has 1 aromatic rings. The summed E-state index contributed by atoms with van der Waals surface area (Å²) in [5.41, 5.74) is 1.17. The van der Waals surface area contributed by atoms with Crippen molar-refractivity contribution in [3.05, 3.63) is 24.0 Å². The number of aromatic nitrogens is 2. The van der Waals surface area contributed by atoms with Crippen molar-refractivity contribution in [3.8, 4) is 6.01 Å². The molecule has 0 bridgehead atoms. The van der Waals surface area contributed by atoms with Crippen molar-refractivity contribution in [2.45, 2.75) is 32.7 Å². The summed E-state index contributed by atoms with van der Waals surface area (Å²) in [7, 11) is 1.56. The minimum atomic E-state index is 0.178. The van der Waals surface area contributed by atoms with Crippen LogP contribution >= 0.6 is 0 Å². The molecule has 0 aromatic carbocycles. The SMILES string of the molecule is COc1ncc(/C=C/CCNC(C)(C)C)cn1. The summed E-state index contributed by atoms with van der Waals surface area (Å²) in [4.78, 5) is 8.07. The zero-order valence-electron chi connectivity index (χ0n) is 11.0. The molecule has 0 saturated carbocycles. The summed E-state index contributed by atoms with van der Waals surface area (Å²) in [5.74, 6) is 0. The Morgan fingerprint density at radius 3 is 2.47 bits per heavy atom. The molecule has 1 N–H and O–H groups in total. The van der Waals surface area contributed by atoms with E-state index in [4.69, 9.17) is 4.74 Å². The van der Waals surface area contributed by atoms with E-state index in [0.717, 1.165) is 18.5 Å². The molecule has 0 fully saturated rings. The zero-order valence-corrected chi connectivity index (χ0v) is 11.0. The van der Waals surface area contributed by atoms with Crippen molar-refractivity contribution in [3.63, 3.8) is 0 Å². The topological polar surface area (TPSA) is 47.0 Å². The molecule has 4 nitrogen and oxygen atoms in total. The first-order chi connectivity index (χ1) is 8.01. The summed E-state index contributed by atoms with van der Waals surface area (Å²) in [6, 6.07) is 0.400. The number of hydrogen-bond donors (Lipinski definition) is 1. The van der Waals surface area contributed by atoms with Gasteiger partial charge < -0.3 is 10.1 Å². The average molecular weight is 235 g/mol. The Bertz CT molecular complexity index is 352. The van der Waals surface area contributed by atoms with E-state index in [2.05, 4.69) is 42.1 Å². The van der Waals surface area contributed by atoms with Crippen molar-refractivity contribution in [2.75, 3.05) is 13.7 Å². The zero-order chi connectivity index (χ0) is 12.7. The van der Waals surface area contributed by atoms with Gasteiger partial charge in [0.05, 0.1) is 7.11 Å². The lowest BCUT2D eigenvalue weighted by atomic mass is 10.1. The minimum absolute atomic E-state index is 0.178. The van der Waals surface area contributed by atoms with Gasteiger partial charge in [0.1, 0.15) is 0 Å². The van der Waals surface area contributed by atoms with Crippen molar-refractivity contribution in [1.82, 2.24) is 15.3 Å². The number of nitrogens with zero attached hydrogens (tertiary/aromatic N) is 2. The Hall–Kier alpha value is -1.42. The van der Waals surface area contributed by atoms with Gasteiger partial charge in [0.2, 0.25) is 0 Å². The van der Waals surface area contributed by atoms with E-state index in [0.29, 0.717) is 6.01 Å². The normalized spacial score (nSPS) is 12.0. The molecule has 0 amide bonds. The Morgan fingerprint density at radius 2 is 1.94 bits per heavy atom. The van der Waals surface area contributed by atoms with Crippen LogP contribution in [0.15, 0.2) is 18.5 Å². The molecule has 1 aromatic heterocycles. The van der Waals surface area contributed by atoms with Crippen LogP contribution < -0.4 is 10.1 Å². The van der Waals surface area contributed by atoms with Gasteiger partial charge >= 0.3 is 6.01 Å². The van der Waals surface area contributed by atoms with Crippen LogP contribution in [0.25, 0.3) is 6.08 Å². The molecule has 1 heterocycles. The Balaban J connectivity index is 2.33. The fourth-order valence-corrected chi connectivity index (χ4v) is 1.27. The van der Waals surface area contributed by atoms with Gasteiger partial charge in [-0.2, -0.15) is 0 Å². The predicted octanol–water partition coefficient (Wildman–Crippen LogP) is 2.28. The molecule has 94 valence electrons. The van der Waals surface area contributed by atoms with E-state index >= 15 is 0 Å². The highest BCUT2D eigenvalue weighted by Gasteiger charge is 2.06. The first-order valence-corrected chi connectivity index (χ1v) is 5.79. The van der Waals surface area contributed by atoms with E-state index in [9.17, 15) is 0 Å². The first kappa shape index (κ1) is 13.6. The number of methoxy groups -OCH3 is 1.